The fourth-order valence-corrected chi connectivity index (χ4v) is 1.86. The Labute approximate surface area is 118 Å². The molecule has 0 radical (unpaired) electrons. The topological polar surface area (TPSA) is 109 Å². The number of rotatable bonds is 4. The molecule has 3 rings (SSSR count). The zero-order chi connectivity index (χ0) is 14.8. The van der Waals surface area contributed by atoms with Gasteiger partial charge in [0.15, 0.2) is 11.5 Å². The number of ether oxygens (including phenoxy) is 2. The Morgan fingerprint density at radius 3 is 3.00 bits per heavy atom. The standard InChI is InChI=1S/C12H10N4O5/c17-12(6-15-5-9(4-13-15)16(18)19)14-8-1-2-10-11(3-8)21-7-20-10/h1-5H,6-7H2,(H,14,17). The van der Waals surface area contributed by atoms with Gasteiger partial charge in [-0.25, -0.2) is 0 Å². The highest BCUT2D eigenvalue weighted by Crippen LogP contribution is 2.34. The summed E-state index contributed by atoms with van der Waals surface area (Å²) in [6.45, 7) is 0.0337. The number of carbonyl (C=O) groups is 1. The molecule has 1 aromatic carbocycles. The molecule has 1 amide bonds. The molecule has 0 spiro atoms. The summed E-state index contributed by atoms with van der Waals surface area (Å²) in [6.07, 6.45) is 2.28. The number of anilines is 1. The van der Waals surface area contributed by atoms with Crippen molar-refractivity contribution in [3.63, 3.8) is 0 Å². The molecule has 2 aromatic rings. The largest absolute Gasteiger partial charge is 0.454 e. The molecule has 9 nitrogen and oxygen atoms in total. The second-order valence-electron chi connectivity index (χ2n) is 4.27. The minimum absolute atomic E-state index is 0.123. The van der Waals surface area contributed by atoms with E-state index in [1.165, 1.54) is 10.9 Å². The molecule has 0 saturated carbocycles. The van der Waals surface area contributed by atoms with Gasteiger partial charge in [0.05, 0.1) is 4.92 Å². The molecular formula is C12H10N4O5. The maximum Gasteiger partial charge on any atom is 0.307 e. The number of aromatic nitrogens is 2. The number of nitrogens with zero attached hydrogens (tertiary/aromatic N) is 3. The Bertz CT molecular complexity index is 711. The molecule has 1 aromatic heterocycles. The number of benzene rings is 1. The highest BCUT2D eigenvalue weighted by Gasteiger charge is 2.15. The average Bonchev–Trinajstić information content (AvgIpc) is 3.06. The van der Waals surface area contributed by atoms with Crippen molar-refractivity contribution in [2.75, 3.05) is 12.1 Å². The summed E-state index contributed by atoms with van der Waals surface area (Å²) in [5, 5.41) is 16.9. The Morgan fingerprint density at radius 1 is 1.43 bits per heavy atom. The summed E-state index contributed by atoms with van der Waals surface area (Å²) < 4.78 is 11.6. The van der Waals surface area contributed by atoms with Crippen molar-refractivity contribution < 1.29 is 19.2 Å². The molecule has 9 heteroatoms. The summed E-state index contributed by atoms with van der Waals surface area (Å²) in [4.78, 5) is 21.8. The number of nitro groups is 1. The third kappa shape index (κ3) is 2.76. The van der Waals surface area contributed by atoms with Gasteiger partial charge in [-0.15, -0.1) is 0 Å². The third-order valence-electron chi connectivity index (χ3n) is 2.79. The van der Waals surface area contributed by atoms with E-state index in [2.05, 4.69) is 10.4 Å². The molecule has 1 N–H and O–H groups in total. The van der Waals surface area contributed by atoms with E-state index in [4.69, 9.17) is 9.47 Å². The smallest absolute Gasteiger partial charge is 0.307 e. The van der Waals surface area contributed by atoms with Crippen molar-refractivity contribution >= 4 is 17.3 Å². The van der Waals surface area contributed by atoms with E-state index in [0.29, 0.717) is 17.2 Å². The first-order valence-electron chi connectivity index (χ1n) is 5.98. The zero-order valence-electron chi connectivity index (χ0n) is 10.7. The van der Waals surface area contributed by atoms with Crippen LogP contribution in [0.2, 0.25) is 0 Å². The molecule has 0 unspecified atom stereocenters. The van der Waals surface area contributed by atoms with Crippen molar-refractivity contribution in [2.24, 2.45) is 0 Å². The average molecular weight is 290 g/mol. The molecule has 0 bridgehead atoms. The van der Waals surface area contributed by atoms with Gasteiger partial charge < -0.3 is 14.8 Å². The van der Waals surface area contributed by atoms with Crippen LogP contribution in [-0.4, -0.2) is 27.4 Å². The van der Waals surface area contributed by atoms with Crippen LogP contribution in [0.3, 0.4) is 0 Å². The minimum Gasteiger partial charge on any atom is -0.454 e. The van der Waals surface area contributed by atoms with Crippen molar-refractivity contribution in [1.82, 2.24) is 9.78 Å². The molecule has 2 heterocycles. The fourth-order valence-electron chi connectivity index (χ4n) is 1.86. The van der Waals surface area contributed by atoms with Gasteiger partial charge in [0.1, 0.15) is 18.9 Å². The molecule has 108 valence electrons. The number of carbonyl (C=O) groups excluding carboxylic acids is 1. The van der Waals surface area contributed by atoms with Crippen LogP contribution in [0.4, 0.5) is 11.4 Å². The van der Waals surface area contributed by atoms with Gasteiger partial charge in [-0.2, -0.15) is 5.10 Å². The lowest BCUT2D eigenvalue weighted by atomic mass is 10.3. The third-order valence-corrected chi connectivity index (χ3v) is 2.79. The normalized spacial score (nSPS) is 12.2. The Hall–Kier alpha value is -3.10. The first-order valence-corrected chi connectivity index (χ1v) is 5.98. The number of fused-ring (bicyclic) bond motifs is 1. The molecule has 0 atom stereocenters. The van der Waals surface area contributed by atoms with Crippen LogP contribution < -0.4 is 14.8 Å². The molecule has 0 aliphatic carbocycles. The fraction of sp³-hybridized carbons (Fsp3) is 0.167. The first kappa shape index (κ1) is 12.9. The SMILES string of the molecule is O=C(Cn1cc([N+](=O)[O-])cn1)Nc1ccc2c(c1)OCO2. The predicted octanol–water partition coefficient (Wildman–Crippen LogP) is 1.16. The minimum atomic E-state index is -0.570. The molecule has 1 aliphatic rings. The molecule has 0 fully saturated rings. The zero-order valence-corrected chi connectivity index (χ0v) is 10.7. The lowest BCUT2D eigenvalue weighted by Gasteiger charge is -2.06. The number of nitrogens with one attached hydrogen (secondary N) is 1. The summed E-state index contributed by atoms with van der Waals surface area (Å²) >= 11 is 0. The van der Waals surface area contributed by atoms with Gasteiger partial charge in [0.25, 0.3) is 0 Å². The van der Waals surface area contributed by atoms with E-state index in [9.17, 15) is 14.9 Å². The van der Waals surface area contributed by atoms with Crippen molar-refractivity contribution in [3.05, 3.63) is 40.7 Å². The number of hydrogen-bond acceptors (Lipinski definition) is 6. The van der Waals surface area contributed by atoms with E-state index in [-0.39, 0.29) is 24.9 Å². The lowest BCUT2D eigenvalue weighted by Crippen LogP contribution is -2.18. The second kappa shape index (κ2) is 5.12. The van der Waals surface area contributed by atoms with Gasteiger partial charge in [-0.3, -0.25) is 19.6 Å². The molecular weight excluding hydrogens is 280 g/mol. The van der Waals surface area contributed by atoms with Crippen LogP contribution in [0.1, 0.15) is 0 Å². The van der Waals surface area contributed by atoms with Crippen molar-refractivity contribution in [1.29, 1.82) is 0 Å². The van der Waals surface area contributed by atoms with Crippen LogP contribution in [0.25, 0.3) is 0 Å². The van der Waals surface area contributed by atoms with E-state index in [0.717, 1.165) is 6.20 Å². The van der Waals surface area contributed by atoms with Crippen molar-refractivity contribution in [2.45, 2.75) is 6.54 Å². The summed E-state index contributed by atoms with van der Waals surface area (Å²) in [5.74, 6) is 0.824. The predicted molar refractivity (Wildman–Crippen MR) is 70.1 cm³/mol. The maximum absolute atomic E-state index is 11.8. The van der Waals surface area contributed by atoms with Crippen LogP contribution in [-0.2, 0) is 11.3 Å². The van der Waals surface area contributed by atoms with Gasteiger partial charge in [-0.1, -0.05) is 0 Å². The number of amides is 1. The van der Waals surface area contributed by atoms with Gasteiger partial charge >= 0.3 is 5.69 Å². The van der Waals surface area contributed by atoms with Crippen LogP contribution in [0.5, 0.6) is 11.5 Å². The molecule has 0 saturated heterocycles. The van der Waals surface area contributed by atoms with E-state index >= 15 is 0 Å². The van der Waals surface area contributed by atoms with Crippen LogP contribution in [0, 0.1) is 10.1 Å². The van der Waals surface area contributed by atoms with Gasteiger partial charge in [0, 0.05) is 11.8 Å². The Morgan fingerprint density at radius 2 is 2.24 bits per heavy atom. The lowest BCUT2D eigenvalue weighted by molar-refractivity contribution is -0.385. The summed E-state index contributed by atoms with van der Waals surface area (Å²) in [6, 6.07) is 5.01. The Kier molecular flexibility index (Phi) is 3.14. The second-order valence-corrected chi connectivity index (χ2v) is 4.27. The number of hydrogen-bond donors (Lipinski definition) is 1. The van der Waals surface area contributed by atoms with Gasteiger partial charge in [0.2, 0.25) is 12.7 Å². The van der Waals surface area contributed by atoms with E-state index < -0.39 is 4.92 Å². The quantitative estimate of drug-likeness (QED) is 0.668. The summed E-state index contributed by atoms with van der Waals surface area (Å²) in [7, 11) is 0. The highest BCUT2D eigenvalue weighted by atomic mass is 16.7. The first-order chi connectivity index (χ1) is 10.1. The van der Waals surface area contributed by atoms with E-state index in [1.54, 1.807) is 18.2 Å². The van der Waals surface area contributed by atoms with Crippen molar-refractivity contribution in [3.8, 4) is 11.5 Å². The van der Waals surface area contributed by atoms with Crippen LogP contribution >= 0.6 is 0 Å². The molecule has 21 heavy (non-hydrogen) atoms. The molecule has 1 aliphatic heterocycles. The Balaban J connectivity index is 1.64. The van der Waals surface area contributed by atoms with Crippen LogP contribution in [0.15, 0.2) is 30.6 Å². The highest BCUT2D eigenvalue weighted by molar-refractivity contribution is 5.90. The summed E-state index contributed by atoms with van der Waals surface area (Å²) in [5.41, 5.74) is 0.386. The maximum atomic E-state index is 11.8. The van der Waals surface area contributed by atoms with Gasteiger partial charge in [-0.05, 0) is 12.1 Å². The van der Waals surface area contributed by atoms with E-state index in [1.807, 2.05) is 0 Å². The monoisotopic (exact) mass is 290 g/mol.